The van der Waals surface area contributed by atoms with Gasteiger partial charge in [0.05, 0.1) is 10.7 Å². The van der Waals surface area contributed by atoms with Gasteiger partial charge in [-0.25, -0.2) is 9.37 Å². The van der Waals surface area contributed by atoms with Gasteiger partial charge in [-0.1, -0.05) is 30.3 Å². The summed E-state index contributed by atoms with van der Waals surface area (Å²) in [6, 6.07) is 16.1. The lowest BCUT2D eigenvalue weighted by atomic mass is 10.2. The number of thiazole rings is 1. The van der Waals surface area contributed by atoms with E-state index in [0.29, 0.717) is 18.8 Å². The maximum absolute atomic E-state index is 12.9. The minimum absolute atomic E-state index is 0.0272. The molecule has 0 aliphatic carbocycles. The van der Waals surface area contributed by atoms with Crippen LogP contribution in [0.2, 0.25) is 0 Å². The molecule has 30 heavy (non-hydrogen) atoms. The van der Waals surface area contributed by atoms with E-state index in [2.05, 4.69) is 34.5 Å². The Kier molecular flexibility index (Phi) is 6.71. The minimum Gasteiger partial charge on any atom is -0.484 e. The number of rotatable bonds is 7. The molecule has 0 unspecified atom stereocenters. The van der Waals surface area contributed by atoms with Gasteiger partial charge in [0.15, 0.2) is 6.61 Å². The van der Waals surface area contributed by atoms with Gasteiger partial charge in [-0.3, -0.25) is 9.69 Å². The SMILES string of the molecule is O=C(COc1ccc(F)cc1)N1CCN(Cc2csc(Cc3ccccc3)n2)CC1. The molecule has 2 heterocycles. The number of hydrogen-bond donors (Lipinski definition) is 0. The fraction of sp³-hybridized carbons (Fsp3) is 0.304. The number of aromatic nitrogens is 1. The third-order valence-corrected chi connectivity index (χ3v) is 5.98. The molecule has 1 aromatic heterocycles. The summed E-state index contributed by atoms with van der Waals surface area (Å²) in [5, 5.41) is 3.26. The van der Waals surface area contributed by atoms with Crippen LogP contribution < -0.4 is 4.74 Å². The van der Waals surface area contributed by atoms with E-state index in [1.54, 1.807) is 11.3 Å². The fourth-order valence-corrected chi connectivity index (χ4v) is 4.24. The molecule has 1 aliphatic rings. The number of piperazine rings is 1. The number of ether oxygens (including phenoxy) is 1. The molecule has 0 saturated carbocycles. The molecule has 7 heteroatoms. The third-order valence-electron chi connectivity index (χ3n) is 5.08. The fourth-order valence-electron chi connectivity index (χ4n) is 3.42. The Morgan fingerprint density at radius 1 is 1.03 bits per heavy atom. The van der Waals surface area contributed by atoms with Crippen molar-refractivity contribution in [1.29, 1.82) is 0 Å². The number of halogens is 1. The van der Waals surface area contributed by atoms with Gasteiger partial charge in [0.1, 0.15) is 11.6 Å². The summed E-state index contributed by atoms with van der Waals surface area (Å²) in [7, 11) is 0. The first kappa shape index (κ1) is 20.5. The van der Waals surface area contributed by atoms with Crippen molar-refractivity contribution in [3.8, 4) is 5.75 Å². The monoisotopic (exact) mass is 425 g/mol. The van der Waals surface area contributed by atoms with Crippen molar-refractivity contribution in [2.75, 3.05) is 32.8 Å². The average Bonchev–Trinajstić information content (AvgIpc) is 3.21. The first-order valence-electron chi connectivity index (χ1n) is 10.0. The van der Waals surface area contributed by atoms with Crippen LogP contribution in [0.3, 0.4) is 0 Å². The van der Waals surface area contributed by atoms with Gasteiger partial charge in [-0.2, -0.15) is 0 Å². The van der Waals surface area contributed by atoms with Gasteiger partial charge in [0.25, 0.3) is 5.91 Å². The van der Waals surface area contributed by atoms with Crippen LogP contribution in [0.15, 0.2) is 60.0 Å². The van der Waals surface area contributed by atoms with Gasteiger partial charge in [0, 0.05) is 44.5 Å². The Morgan fingerprint density at radius 3 is 2.50 bits per heavy atom. The highest BCUT2D eigenvalue weighted by molar-refractivity contribution is 7.09. The van der Waals surface area contributed by atoms with Crippen molar-refractivity contribution >= 4 is 17.2 Å². The van der Waals surface area contributed by atoms with Crippen molar-refractivity contribution < 1.29 is 13.9 Å². The highest BCUT2D eigenvalue weighted by Crippen LogP contribution is 2.17. The van der Waals surface area contributed by atoms with Crippen molar-refractivity contribution in [3.05, 3.63) is 82.1 Å². The van der Waals surface area contributed by atoms with Crippen molar-refractivity contribution in [3.63, 3.8) is 0 Å². The molecule has 0 spiro atoms. The van der Waals surface area contributed by atoms with Crippen LogP contribution in [-0.2, 0) is 17.8 Å². The number of benzene rings is 2. The van der Waals surface area contributed by atoms with E-state index >= 15 is 0 Å². The zero-order chi connectivity index (χ0) is 20.8. The second-order valence-electron chi connectivity index (χ2n) is 7.29. The number of carbonyl (C=O) groups excluding carboxylic acids is 1. The smallest absolute Gasteiger partial charge is 0.260 e. The molecule has 2 aromatic carbocycles. The Hall–Kier alpha value is -2.77. The molecular weight excluding hydrogens is 401 g/mol. The number of carbonyl (C=O) groups is 1. The zero-order valence-electron chi connectivity index (χ0n) is 16.7. The molecule has 4 rings (SSSR count). The molecule has 1 fully saturated rings. The van der Waals surface area contributed by atoms with Gasteiger partial charge in [-0.05, 0) is 29.8 Å². The van der Waals surface area contributed by atoms with E-state index in [4.69, 9.17) is 9.72 Å². The average molecular weight is 426 g/mol. The third kappa shape index (κ3) is 5.64. The minimum atomic E-state index is -0.322. The molecule has 0 atom stereocenters. The van der Waals surface area contributed by atoms with Crippen LogP contribution in [0.1, 0.15) is 16.3 Å². The Bertz CT molecular complexity index is 954. The van der Waals surface area contributed by atoms with Gasteiger partial charge < -0.3 is 9.64 Å². The normalized spacial score (nSPS) is 14.6. The summed E-state index contributed by atoms with van der Waals surface area (Å²) >= 11 is 1.70. The van der Waals surface area contributed by atoms with E-state index in [1.165, 1.54) is 29.8 Å². The van der Waals surface area contributed by atoms with E-state index in [9.17, 15) is 9.18 Å². The van der Waals surface area contributed by atoms with Crippen LogP contribution in [0.5, 0.6) is 5.75 Å². The molecule has 3 aromatic rings. The molecule has 156 valence electrons. The standard InChI is InChI=1S/C23H24FN3O2S/c24-19-6-8-21(9-7-19)29-16-23(28)27-12-10-26(11-13-27)15-20-17-30-22(25-20)14-18-4-2-1-3-5-18/h1-9,17H,10-16H2. The predicted molar refractivity (Wildman–Crippen MR) is 115 cm³/mol. The zero-order valence-corrected chi connectivity index (χ0v) is 17.5. The second-order valence-corrected chi connectivity index (χ2v) is 8.24. The predicted octanol–water partition coefficient (Wildman–Crippen LogP) is 3.60. The Labute approximate surface area is 179 Å². The summed E-state index contributed by atoms with van der Waals surface area (Å²) in [5.41, 5.74) is 2.36. The van der Waals surface area contributed by atoms with Crippen LogP contribution in [-0.4, -0.2) is 53.5 Å². The highest BCUT2D eigenvalue weighted by atomic mass is 32.1. The van der Waals surface area contributed by atoms with Crippen molar-refractivity contribution in [2.24, 2.45) is 0 Å². The lowest BCUT2D eigenvalue weighted by Crippen LogP contribution is -2.49. The van der Waals surface area contributed by atoms with Gasteiger partial charge >= 0.3 is 0 Å². The Morgan fingerprint density at radius 2 is 1.77 bits per heavy atom. The number of nitrogens with zero attached hydrogens (tertiary/aromatic N) is 3. The molecule has 0 bridgehead atoms. The first-order valence-corrected chi connectivity index (χ1v) is 10.9. The molecule has 1 saturated heterocycles. The summed E-state index contributed by atoms with van der Waals surface area (Å²) < 4.78 is 18.4. The van der Waals surface area contributed by atoms with Crippen molar-refractivity contribution in [1.82, 2.24) is 14.8 Å². The first-order chi connectivity index (χ1) is 14.7. The molecule has 1 amide bonds. The maximum atomic E-state index is 12.9. The molecule has 1 aliphatic heterocycles. The van der Waals surface area contributed by atoms with Gasteiger partial charge in [-0.15, -0.1) is 11.3 Å². The summed E-state index contributed by atoms with van der Waals surface area (Å²) in [6.45, 7) is 3.75. The van der Waals surface area contributed by atoms with E-state index < -0.39 is 0 Å². The highest BCUT2D eigenvalue weighted by Gasteiger charge is 2.22. The van der Waals surface area contributed by atoms with Crippen LogP contribution in [0, 0.1) is 5.82 Å². The van der Waals surface area contributed by atoms with Crippen LogP contribution >= 0.6 is 11.3 Å². The quantitative estimate of drug-likeness (QED) is 0.580. The molecule has 0 radical (unpaired) electrons. The summed E-state index contributed by atoms with van der Waals surface area (Å²) in [4.78, 5) is 21.3. The topological polar surface area (TPSA) is 45.7 Å². The Balaban J connectivity index is 1.21. The summed E-state index contributed by atoms with van der Waals surface area (Å²) in [6.07, 6.45) is 0.863. The van der Waals surface area contributed by atoms with Crippen LogP contribution in [0.25, 0.3) is 0 Å². The van der Waals surface area contributed by atoms with E-state index in [-0.39, 0.29) is 18.3 Å². The van der Waals surface area contributed by atoms with Gasteiger partial charge in [0.2, 0.25) is 0 Å². The van der Waals surface area contributed by atoms with E-state index in [1.807, 2.05) is 11.0 Å². The lowest BCUT2D eigenvalue weighted by Gasteiger charge is -2.34. The second kappa shape index (κ2) is 9.82. The maximum Gasteiger partial charge on any atom is 0.260 e. The lowest BCUT2D eigenvalue weighted by molar-refractivity contribution is -0.135. The number of amides is 1. The van der Waals surface area contributed by atoms with Crippen molar-refractivity contribution in [2.45, 2.75) is 13.0 Å². The van der Waals surface area contributed by atoms with Crippen LogP contribution in [0.4, 0.5) is 4.39 Å². The molecule has 5 nitrogen and oxygen atoms in total. The molecular formula is C23H24FN3O2S. The molecule has 0 N–H and O–H groups in total. The largest absolute Gasteiger partial charge is 0.484 e. The summed E-state index contributed by atoms with van der Waals surface area (Å²) in [5.74, 6) is 0.133. The number of hydrogen-bond acceptors (Lipinski definition) is 5. The van der Waals surface area contributed by atoms with E-state index in [0.717, 1.165) is 36.8 Å².